The van der Waals surface area contributed by atoms with E-state index in [2.05, 4.69) is 20.2 Å². The first kappa shape index (κ1) is 37.8. The second-order valence-corrected chi connectivity index (χ2v) is 18.6. The van der Waals surface area contributed by atoms with Gasteiger partial charge in [0.1, 0.15) is 17.2 Å². The van der Waals surface area contributed by atoms with Gasteiger partial charge < -0.3 is 19.9 Å². The van der Waals surface area contributed by atoms with E-state index in [0.29, 0.717) is 44.2 Å². The minimum absolute atomic E-state index is 0.138. The lowest BCUT2D eigenvalue weighted by Gasteiger charge is -2.33. The van der Waals surface area contributed by atoms with Crippen molar-refractivity contribution in [3.05, 3.63) is 54.2 Å². The van der Waals surface area contributed by atoms with Gasteiger partial charge in [-0.15, -0.1) is 0 Å². The number of allylic oxidation sites excluding steroid dienone is 1. The number of esters is 1. The van der Waals surface area contributed by atoms with Crippen LogP contribution in [-0.2, 0) is 33.9 Å². The molecule has 2 aliphatic carbocycles. The van der Waals surface area contributed by atoms with Gasteiger partial charge in [-0.05, 0) is 77.5 Å². The van der Waals surface area contributed by atoms with Crippen molar-refractivity contribution in [3.63, 3.8) is 0 Å². The standard InChI is InChI=1S/C39H50N6O8S/c1-38(2,3)53-32(46)19-26-10-7-5-4-6-8-13-28-20-39(28,37(50)43-54(51,52)29-14-15-29)41-34(47)33-30-23-44(21-27(30)22-45(33)36(26)49)35(48)25-12-9-11-24(18-25)31-16-17-40-42-31/h8-9,11-13,16-18,26-30,33H,4-7,10,14-15,19-23H2,1-3H3,(H,40,42)(H,41,47)(H,43,50)/b13-8-/t26-,27+,28-,30+,33+,39-/m1/s1. The highest BCUT2D eigenvalue weighted by Crippen LogP contribution is 2.47. The topological polar surface area (TPSA) is 188 Å². The van der Waals surface area contributed by atoms with E-state index in [1.165, 1.54) is 0 Å². The molecule has 54 heavy (non-hydrogen) atoms. The smallest absolute Gasteiger partial charge is 0.307 e. The van der Waals surface area contributed by atoms with Gasteiger partial charge in [-0.2, -0.15) is 5.10 Å². The summed E-state index contributed by atoms with van der Waals surface area (Å²) in [4.78, 5) is 73.3. The van der Waals surface area contributed by atoms with Crippen LogP contribution in [0.3, 0.4) is 0 Å². The highest BCUT2D eigenvalue weighted by molar-refractivity contribution is 7.91. The van der Waals surface area contributed by atoms with Gasteiger partial charge in [0.25, 0.3) is 11.8 Å². The summed E-state index contributed by atoms with van der Waals surface area (Å²) in [7, 11) is -3.90. The molecule has 1 aromatic heterocycles. The summed E-state index contributed by atoms with van der Waals surface area (Å²) < 4.78 is 33.6. The van der Waals surface area contributed by atoms with E-state index in [1.807, 2.05) is 24.3 Å². The lowest BCUT2D eigenvalue weighted by Crippen LogP contribution is -2.58. The number of carbonyl (C=O) groups excluding carboxylic acids is 5. The average Bonchev–Trinajstić information content (AvgIpc) is 3.91. The molecule has 3 N–H and O–H groups in total. The Hall–Kier alpha value is -4.53. The van der Waals surface area contributed by atoms with Crippen molar-refractivity contribution in [2.24, 2.45) is 23.7 Å². The number of carbonyl (C=O) groups is 5. The first-order valence-corrected chi connectivity index (χ1v) is 20.7. The summed E-state index contributed by atoms with van der Waals surface area (Å²) in [6.07, 6.45) is 9.97. The van der Waals surface area contributed by atoms with E-state index >= 15 is 0 Å². The molecule has 4 heterocycles. The summed E-state index contributed by atoms with van der Waals surface area (Å²) in [6.45, 7) is 5.99. The molecule has 7 rings (SSSR count). The minimum atomic E-state index is -3.90. The average molecular weight is 763 g/mol. The van der Waals surface area contributed by atoms with Crippen LogP contribution in [0.2, 0.25) is 0 Å². The van der Waals surface area contributed by atoms with Crippen LogP contribution >= 0.6 is 0 Å². The van der Waals surface area contributed by atoms with Crippen molar-refractivity contribution in [2.45, 2.75) is 101 Å². The number of sulfonamides is 1. The molecule has 2 saturated heterocycles. The van der Waals surface area contributed by atoms with Gasteiger partial charge >= 0.3 is 5.97 Å². The summed E-state index contributed by atoms with van der Waals surface area (Å²) in [6, 6.07) is 7.96. The van der Waals surface area contributed by atoms with Crippen LogP contribution in [0.1, 0.15) is 88.9 Å². The molecule has 2 aromatic rings. The summed E-state index contributed by atoms with van der Waals surface area (Å²) in [5.41, 5.74) is -0.206. The molecule has 3 aliphatic heterocycles. The van der Waals surface area contributed by atoms with E-state index in [9.17, 15) is 32.4 Å². The maximum Gasteiger partial charge on any atom is 0.307 e. The number of amides is 4. The molecule has 2 saturated carbocycles. The van der Waals surface area contributed by atoms with Gasteiger partial charge in [0, 0.05) is 60.6 Å². The summed E-state index contributed by atoms with van der Waals surface area (Å²) in [5, 5.41) is 9.24. The van der Waals surface area contributed by atoms with Crippen molar-refractivity contribution in [1.82, 2.24) is 30.0 Å². The maximum absolute atomic E-state index is 14.7. The minimum Gasteiger partial charge on any atom is -0.460 e. The Labute approximate surface area is 315 Å². The summed E-state index contributed by atoms with van der Waals surface area (Å²) >= 11 is 0. The normalized spacial score (nSPS) is 29.5. The Morgan fingerprint density at radius 1 is 1.04 bits per heavy atom. The molecule has 4 fully saturated rings. The number of nitrogens with one attached hydrogen (secondary N) is 3. The number of benzene rings is 1. The Bertz CT molecular complexity index is 1940. The van der Waals surface area contributed by atoms with Crippen molar-refractivity contribution >= 4 is 39.6 Å². The fourth-order valence-electron chi connectivity index (χ4n) is 8.37. The fraction of sp³-hybridized carbons (Fsp3) is 0.590. The Balaban J connectivity index is 1.18. The second-order valence-electron chi connectivity index (χ2n) is 16.6. The Kier molecular flexibility index (Phi) is 10.2. The molecule has 0 radical (unpaired) electrons. The zero-order valence-electron chi connectivity index (χ0n) is 31.1. The number of hydrogen-bond donors (Lipinski definition) is 3. The Morgan fingerprint density at radius 3 is 2.56 bits per heavy atom. The third-order valence-electron chi connectivity index (χ3n) is 11.4. The van der Waals surface area contributed by atoms with Gasteiger partial charge in [0.2, 0.25) is 21.8 Å². The van der Waals surface area contributed by atoms with Crippen LogP contribution in [0.5, 0.6) is 0 Å². The molecule has 4 amide bonds. The molecular weight excluding hydrogens is 713 g/mol. The third kappa shape index (κ3) is 7.96. The fourth-order valence-corrected chi connectivity index (χ4v) is 9.74. The van der Waals surface area contributed by atoms with E-state index < -0.39 is 68.0 Å². The number of fused-ring (bicyclic) bond motifs is 4. The van der Waals surface area contributed by atoms with E-state index in [-0.39, 0.29) is 43.7 Å². The van der Waals surface area contributed by atoms with Crippen LogP contribution in [-0.4, -0.2) is 100 Å². The lowest BCUT2D eigenvalue weighted by atomic mass is 9.92. The highest BCUT2D eigenvalue weighted by Gasteiger charge is 2.63. The number of nitrogens with zero attached hydrogens (tertiary/aromatic N) is 3. The predicted octanol–water partition coefficient (Wildman–Crippen LogP) is 3.33. The summed E-state index contributed by atoms with van der Waals surface area (Å²) in [5.74, 6) is -4.27. The number of aromatic nitrogens is 2. The molecule has 5 aliphatic rings. The van der Waals surface area contributed by atoms with Crippen LogP contribution in [0.15, 0.2) is 48.7 Å². The van der Waals surface area contributed by atoms with Crippen LogP contribution < -0.4 is 10.0 Å². The van der Waals surface area contributed by atoms with Crippen molar-refractivity contribution in [3.8, 4) is 11.3 Å². The van der Waals surface area contributed by atoms with Gasteiger partial charge in [-0.1, -0.05) is 37.1 Å². The zero-order chi connectivity index (χ0) is 38.4. The van der Waals surface area contributed by atoms with E-state index in [1.54, 1.807) is 55.0 Å². The van der Waals surface area contributed by atoms with Crippen LogP contribution in [0.4, 0.5) is 0 Å². The molecule has 1 aromatic carbocycles. The van der Waals surface area contributed by atoms with E-state index in [4.69, 9.17) is 4.74 Å². The van der Waals surface area contributed by atoms with Gasteiger partial charge in [0.05, 0.1) is 17.4 Å². The quantitative estimate of drug-likeness (QED) is 0.281. The third-order valence-corrected chi connectivity index (χ3v) is 13.2. The number of likely N-dealkylation sites (tertiary alicyclic amines) is 1. The van der Waals surface area contributed by atoms with E-state index in [0.717, 1.165) is 24.1 Å². The number of rotatable bonds is 7. The number of aromatic amines is 1. The molecular formula is C39H50N6O8S. The highest BCUT2D eigenvalue weighted by atomic mass is 32.2. The number of ether oxygens (including phenoxy) is 1. The lowest BCUT2D eigenvalue weighted by molar-refractivity contribution is -0.159. The zero-order valence-corrected chi connectivity index (χ0v) is 31.9. The first-order chi connectivity index (χ1) is 25.6. The van der Waals surface area contributed by atoms with Crippen molar-refractivity contribution in [1.29, 1.82) is 0 Å². The molecule has 0 spiro atoms. The monoisotopic (exact) mass is 762 g/mol. The van der Waals surface area contributed by atoms with Gasteiger partial charge in [0.15, 0.2) is 0 Å². The predicted molar refractivity (Wildman–Crippen MR) is 198 cm³/mol. The van der Waals surface area contributed by atoms with Gasteiger partial charge in [-0.25, -0.2) is 8.42 Å². The number of hydrogen-bond acceptors (Lipinski definition) is 9. The maximum atomic E-state index is 14.7. The largest absolute Gasteiger partial charge is 0.460 e. The molecule has 0 unspecified atom stereocenters. The van der Waals surface area contributed by atoms with Gasteiger partial charge in [-0.3, -0.25) is 33.8 Å². The number of H-pyrrole nitrogens is 1. The molecule has 15 heteroatoms. The van der Waals surface area contributed by atoms with Crippen molar-refractivity contribution < 1.29 is 37.1 Å². The molecule has 290 valence electrons. The molecule has 14 nitrogen and oxygen atoms in total. The van der Waals surface area contributed by atoms with Crippen LogP contribution in [0, 0.1) is 23.7 Å². The second kappa shape index (κ2) is 14.6. The van der Waals surface area contributed by atoms with Crippen LogP contribution in [0.25, 0.3) is 11.3 Å². The Morgan fingerprint density at radius 2 is 1.83 bits per heavy atom. The first-order valence-electron chi connectivity index (χ1n) is 19.1. The molecule has 0 bridgehead atoms. The van der Waals surface area contributed by atoms with Crippen molar-refractivity contribution in [2.75, 3.05) is 19.6 Å². The SMILES string of the molecule is CC(C)(C)OC(=O)C[C@H]1CCCCC/C=C\[C@@H]2C[C@@]2(C(=O)NS(=O)(=O)C2CC2)NC(=O)[C@@H]2[C@H]3CN(C(=O)c4cccc(-c5ccn[nH]5)c4)C[C@H]3CN2C1=O. The molecule has 6 atom stereocenters.